The lowest BCUT2D eigenvalue weighted by Crippen LogP contribution is -2.33. The van der Waals surface area contributed by atoms with Crippen molar-refractivity contribution in [3.8, 4) is 0 Å². The van der Waals surface area contributed by atoms with Gasteiger partial charge in [0.15, 0.2) is 0 Å². The Labute approximate surface area is 110 Å². The summed E-state index contributed by atoms with van der Waals surface area (Å²) in [5.41, 5.74) is 0.596. The van der Waals surface area contributed by atoms with Crippen molar-refractivity contribution in [2.75, 3.05) is 32.0 Å². The summed E-state index contributed by atoms with van der Waals surface area (Å²) in [7, 11) is 2.15. The summed E-state index contributed by atoms with van der Waals surface area (Å²) in [6.07, 6.45) is 2.39. The van der Waals surface area contributed by atoms with E-state index < -0.39 is 0 Å². The van der Waals surface area contributed by atoms with Crippen LogP contribution in [-0.4, -0.2) is 31.6 Å². The Balaban J connectivity index is 1.87. The average molecular weight is 301 g/mol. The number of hydrogen-bond acceptors (Lipinski definition) is 2. The number of benzene rings is 1. The second kappa shape index (κ2) is 5.83. The summed E-state index contributed by atoms with van der Waals surface area (Å²) in [6, 6.07) is 5.00. The fourth-order valence-electron chi connectivity index (χ4n) is 2.15. The van der Waals surface area contributed by atoms with Gasteiger partial charge in [0, 0.05) is 11.0 Å². The van der Waals surface area contributed by atoms with Crippen LogP contribution in [-0.2, 0) is 0 Å². The zero-order chi connectivity index (χ0) is 12.3. The molecule has 1 aliphatic rings. The monoisotopic (exact) mass is 300 g/mol. The molecule has 0 aromatic heterocycles. The second-order valence-corrected chi connectivity index (χ2v) is 5.67. The van der Waals surface area contributed by atoms with E-state index in [-0.39, 0.29) is 5.82 Å². The van der Waals surface area contributed by atoms with Gasteiger partial charge < -0.3 is 10.2 Å². The molecule has 0 atom stereocenters. The molecule has 0 saturated carbocycles. The first-order chi connectivity index (χ1) is 8.15. The molecule has 0 amide bonds. The Morgan fingerprint density at radius 2 is 2.12 bits per heavy atom. The predicted octanol–water partition coefficient (Wildman–Crippen LogP) is 3.34. The fourth-order valence-corrected chi connectivity index (χ4v) is 2.51. The van der Waals surface area contributed by atoms with Crippen LogP contribution >= 0.6 is 15.9 Å². The SMILES string of the molecule is CN1CCC(CNc2cc(Br)ccc2F)CC1. The minimum atomic E-state index is -0.180. The molecule has 17 heavy (non-hydrogen) atoms. The minimum Gasteiger partial charge on any atom is -0.382 e. The number of piperidine rings is 1. The van der Waals surface area contributed by atoms with Crippen LogP contribution in [0.3, 0.4) is 0 Å². The molecular weight excluding hydrogens is 283 g/mol. The number of nitrogens with zero attached hydrogens (tertiary/aromatic N) is 1. The Morgan fingerprint density at radius 1 is 1.41 bits per heavy atom. The summed E-state index contributed by atoms with van der Waals surface area (Å²) in [6.45, 7) is 3.15. The fraction of sp³-hybridized carbons (Fsp3) is 0.538. The average Bonchev–Trinajstić information content (AvgIpc) is 2.32. The zero-order valence-corrected chi connectivity index (χ0v) is 11.6. The third kappa shape index (κ3) is 3.68. The van der Waals surface area contributed by atoms with E-state index in [1.165, 1.54) is 18.9 Å². The summed E-state index contributed by atoms with van der Waals surface area (Å²) in [5.74, 6) is 0.478. The molecule has 0 unspecified atom stereocenters. The first kappa shape index (κ1) is 12.8. The number of halogens is 2. The van der Waals surface area contributed by atoms with E-state index in [4.69, 9.17) is 0 Å². The van der Waals surface area contributed by atoms with E-state index in [1.54, 1.807) is 12.1 Å². The highest BCUT2D eigenvalue weighted by atomic mass is 79.9. The maximum Gasteiger partial charge on any atom is 0.146 e. The molecule has 1 heterocycles. The van der Waals surface area contributed by atoms with E-state index >= 15 is 0 Å². The summed E-state index contributed by atoms with van der Waals surface area (Å²) in [5, 5.41) is 3.21. The molecule has 1 aliphatic heterocycles. The van der Waals surface area contributed by atoms with Crippen LogP contribution in [0, 0.1) is 11.7 Å². The van der Waals surface area contributed by atoms with Crippen molar-refractivity contribution in [1.29, 1.82) is 0 Å². The van der Waals surface area contributed by atoms with Crippen LogP contribution in [0.25, 0.3) is 0 Å². The van der Waals surface area contributed by atoms with Crippen LogP contribution < -0.4 is 5.32 Å². The van der Waals surface area contributed by atoms with Gasteiger partial charge >= 0.3 is 0 Å². The molecule has 1 fully saturated rings. The summed E-state index contributed by atoms with van der Waals surface area (Å²) < 4.78 is 14.4. The van der Waals surface area contributed by atoms with Gasteiger partial charge in [0.05, 0.1) is 5.69 Å². The van der Waals surface area contributed by atoms with Gasteiger partial charge in [-0.25, -0.2) is 4.39 Å². The molecular formula is C13H18BrFN2. The maximum atomic E-state index is 13.5. The molecule has 0 radical (unpaired) electrons. The molecule has 1 aromatic carbocycles. The topological polar surface area (TPSA) is 15.3 Å². The van der Waals surface area contributed by atoms with Gasteiger partial charge in [0.1, 0.15) is 5.82 Å². The van der Waals surface area contributed by atoms with Gasteiger partial charge in [-0.1, -0.05) is 15.9 Å². The molecule has 2 rings (SSSR count). The van der Waals surface area contributed by atoms with Crippen molar-refractivity contribution >= 4 is 21.6 Å². The van der Waals surface area contributed by atoms with E-state index in [2.05, 4.69) is 33.2 Å². The molecule has 0 bridgehead atoms. The number of likely N-dealkylation sites (tertiary alicyclic amines) is 1. The van der Waals surface area contributed by atoms with Crippen LogP contribution in [0.2, 0.25) is 0 Å². The van der Waals surface area contributed by atoms with Crippen molar-refractivity contribution in [2.45, 2.75) is 12.8 Å². The molecule has 1 saturated heterocycles. The van der Waals surface area contributed by atoms with Gasteiger partial charge in [-0.2, -0.15) is 0 Å². The molecule has 4 heteroatoms. The van der Waals surface area contributed by atoms with Crippen molar-refractivity contribution in [2.24, 2.45) is 5.92 Å². The molecule has 0 spiro atoms. The number of nitrogens with one attached hydrogen (secondary N) is 1. The van der Waals surface area contributed by atoms with Gasteiger partial charge in [0.25, 0.3) is 0 Å². The van der Waals surface area contributed by atoms with Gasteiger partial charge in [-0.15, -0.1) is 0 Å². The lowest BCUT2D eigenvalue weighted by atomic mass is 9.97. The van der Waals surface area contributed by atoms with Crippen molar-refractivity contribution in [3.63, 3.8) is 0 Å². The lowest BCUT2D eigenvalue weighted by molar-refractivity contribution is 0.226. The normalized spacial score (nSPS) is 18.3. The van der Waals surface area contributed by atoms with Crippen LogP contribution in [0.4, 0.5) is 10.1 Å². The van der Waals surface area contributed by atoms with Crippen molar-refractivity contribution in [1.82, 2.24) is 4.90 Å². The Kier molecular flexibility index (Phi) is 4.40. The first-order valence-electron chi connectivity index (χ1n) is 6.02. The highest BCUT2D eigenvalue weighted by Crippen LogP contribution is 2.22. The minimum absolute atomic E-state index is 0.180. The van der Waals surface area contributed by atoms with Gasteiger partial charge in [0.2, 0.25) is 0 Å². The summed E-state index contributed by atoms with van der Waals surface area (Å²) >= 11 is 3.36. The van der Waals surface area contributed by atoms with Gasteiger partial charge in [-0.05, 0) is 57.1 Å². The highest BCUT2D eigenvalue weighted by molar-refractivity contribution is 9.10. The Bertz CT molecular complexity index is 376. The molecule has 0 aliphatic carbocycles. The van der Waals surface area contributed by atoms with Crippen molar-refractivity contribution in [3.05, 3.63) is 28.5 Å². The highest BCUT2D eigenvalue weighted by Gasteiger charge is 2.16. The van der Waals surface area contributed by atoms with Crippen LogP contribution in [0.1, 0.15) is 12.8 Å². The van der Waals surface area contributed by atoms with E-state index in [0.717, 1.165) is 24.1 Å². The molecule has 1 aromatic rings. The Hall–Kier alpha value is -0.610. The maximum absolute atomic E-state index is 13.5. The van der Waals surface area contributed by atoms with Crippen LogP contribution in [0.5, 0.6) is 0 Å². The predicted molar refractivity (Wildman–Crippen MR) is 72.8 cm³/mol. The van der Waals surface area contributed by atoms with E-state index in [9.17, 15) is 4.39 Å². The second-order valence-electron chi connectivity index (χ2n) is 4.75. The molecule has 1 N–H and O–H groups in total. The lowest BCUT2D eigenvalue weighted by Gasteiger charge is -2.29. The van der Waals surface area contributed by atoms with E-state index in [1.807, 2.05) is 0 Å². The van der Waals surface area contributed by atoms with E-state index in [0.29, 0.717) is 11.6 Å². The Morgan fingerprint density at radius 3 is 2.82 bits per heavy atom. The molecule has 94 valence electrons. The third-order valence-electron chi connectivity index (χ3n) is 3.35. The number of hydrogen-bond donors (Lipinski definition) is 1. The molecule has 2 nitrogen and oxygen atoms in total. The quantitative estimate of drug-likeness (QED) is 0.921. The zero-order valence-electron chi connectivity index (χ0n) is 10.0. The third-order valence-corrected chi connectivity index (χ3v) is 3.84. The van der Waals surface area contributed by atoms with Crippen molar-refractivity contribution < 1.29 is 4.39 Å². The summed E-state index contributed by atoms with van der Waals surface area (Å²) in [4.78, 5) is 2.34. The smallest absolute Gasteiger partial charge is 0.146 e. The standard InChI is InChI=1S/C13H18BrFN2/c1-17-6-4-10(5-7-17)9-16-13-8-11(14)2-3-12(13)15/h2-3,8,10,16H,4-7,9H2,1H3. The largest absolute Gasteiger partial charge is 0.382 e. The van der Waals surface area contributed by atoms with Crippen LogP contribution in [0.15, 0.2) is 22.7 Å². The van der Waals surface area contributed by atoms with Gasteiger partial charge in [-0.3, -0.25) is 0 Å². The number of anilines is 1. The first-order valence-corrected chi connectivity index (χ1v) is 6.82. The number of rotatable bonds is 3.